The van der Waals surface area contributed by atoms with Crippen LogP contribution in [0.25, 0.3) is 5.57 Å². The van der Waals surface area contributed by atoms with Crippen LogP contribution < -0.4 is 5.32 Å². The number of hydrogen-bond donors (Lipinski definition) is 2. The van der Waals surface area contributed by atoms with Crippen LogP contribution in [-0.4, -0.2) is 27.8 Å². The normalized spacial score (nSPS) is 20.0. The predicted molar refractivity (Wildman–Crippen MR) is 110 cm³/mol. The Hall–Kier alpha value is -3.29. The van der Waals surface area contributed by atoms with Crippen LogP contribution >= 0.6 is 0 Å². The van der Waals surface area contributed by atoms with Crippen molar-refractivity contribution in [3.05, 3.63) is 71.1 Å². The second-order valence-corrected chi connectivity index (χ2v) is 8.36. The minimum atomic E-state index is -1.14. The number of nitrogens with zero attached hydrogens (tertiary/aromatic N) is 1. The summed E-state index contributed by atoms with van der Waals surface area (Å²) in [6.45, 7) is 5.14. The summed E-state index contributed by atoms with van der Waals surface area (Å²) in [5.41, 5.74) is 0.670. The quantitative estimate of drug-likeness (QED) is 0.530. The van der Waals surface area contributed by atoms with Crippen LogP contribution in [0.4, 0.5) is 13.6 Å². The van der Waals surface area contributed by atoms with Gasteiger partial charge in [0.05, 0.1) is 11.7 Å². The van der Waals surface area contributed by atoms with E-state index in [0.717, 1.165) is 12.1 Å². The van der Waals surface area contributed by atoms with Crippen LogP contribution in [0.1, 0.15) is 62.4 Å². The van der Waals surface area contributed by atoms with Gasteiger partial charge >= 0.3 is 12.1 Å². The van der Waals surface area contributed by atoms with Gasteiger partial charge in [-0.1, -0.05) is 18.2 Å². The molecule has 6 nitrogen and oxygen atoms in total. The molecule has 2 unspecified atom stereocenters. The molecule has 0 saturated heterocycles. The number of hydrogen-bond acceptors (Lipinski definition) is 4. The lowest BCUT2D eigenvalue weighted by molar-refractivity contribution is -0.131. The average molecular weight is 430 g/mol. The number of carbonyl (C=O) groups is 2. The molecule has 2 N–H and O–H groups in total. The van der Waals surface area contributed by atoms with Crippen molar-refractivity contribution < 1.29 is 28.2 Å². The minimum Gasteiger partial charge on any atom is -0.478 e. The summed E-state index contributed by atoms with van der Waals surface area (Å²) >= 11 is 0. The summed E-state index contributed by atoms with van der Waals surface area (Å²) in [5, 5.41) is 12.1. The highest BCUT2D eigenvalue weighted by molar-refractivity contribution is 5.90. The van der Waals surface area contributed by atoms with Crippen molar-refractivity contribution >= 4 is 17.6 Å². The number of ether oxygens (including phenoxy) is 1. The first-order valence-electron chi connectivity index (χ1n) is 9.89. The van der Waals surface area contributed by atoms with E-state index in [1.54, 1.807) is 32.9 Å². The van der Waals surface area contributed by atoms with Crippen LogP contribution in [0.2, 0.25) is 0 Å². The predicted octanol–water partition coefficient (Wildman–Crippen LogP) is 4.97. The Morgan fingerprint density at radius 2 is 1.90 bits per heavy atom. The Bertz CT molecular complexity index is 1030. The third kappa shape index (κ3) is 5.25. The molecule has 8 heteroatoms. The Morgan fingerprint density at radius 3 is 2.58 bits per heavy atom. The molecule has 31 heavy (non-hydrogen) atoms. The second-order valence-electron chi connectivity index (χ2n) is 8.36. The number of carboxylic acids is 1. The molecule has 2 atom stereocenters. The van der Waals surface area contributed by atoms with E-state index < -0.39 is 41.3 Å². The summed E-state index contributed by atoms with van der Waals surface area (Å²) < 4.78 is 34.1. The second kappa shape index (κ2) is 8.83. The number of alkyl carbamates (subject to hydrolysis) is 1. The fraction of sp³-hybridized carbons (Fsp3) is 0.348. The average Bonchev–Trinajstić information content (AvgIpc) is 2.80. The van der Waals surface area contributed by atoms with Crippen LogP contribution in [0.5, 0.6) is 0 Å². The SMILES string of the molecule is CC(C)(C)OC(=O)NC1c2cccnc2C(=CC(=O)O)CCC1c1cccc(F)c1F. The lowest BCUT2D eigenvalue weighted by atomic mass is 9.85. The van der Waals surface area contributed by atoms with Gasteiger partial charge in [-0.05, 0) is 56.9 Å². The molecule has 0 aliphatic heterocycles. The van der Waals surface area contributed by atoms with Gasteiger partial charge in [0, 0.05) is 23.8 Å². The maximum Gasteiger partial charge on any atom is 0.408 e. The standard InChI is InChI=1S/C23H24F2N2O4/c1-23(2,3)31-22(30)27-21-15(14-6-4-8-17(24)19(14)25)10-9-13(12-18(28)29)20-16(21)7-5-11-26-20/h4-8,11-12,15,21H,9-10H2,1-3H3,(H,27,30)(H,28,29). The minimum absolute atomic E-state index is 0.0902. The number of nitrogens with one attached hydrogen (secondary N) is 1. The van der Waals surface area contributed by atoms with E-state index in [1.165, 1.54) is 18.3 Å². The summed E-state index contributed by atoms with van der Waals surface area (Å²) in [7, 11) is 0. The first-order chi connectivity index (χ1) is 14.6. The van der Waals surface area contributed by atoms with Gasteiger partial charge in [-0.3, -0.25) is 4.98 Å². The van der Waals surface area contributed by atoms with Crippen molar-refractivity contribution in [2.75, 3.05) is 0 Å². The van der Waals surface area contributed by atoms with Crippen molar-refractivity contribution in [3.8, 4) is 0 Å². The van der Waals surface area contributed by atoms with E-state index in [2.05, 4.69) is 10.3 Å². The summed E-state index contributed by atoms with van der Waals surface area (Å²) in [6.07, 6.45) is 2.36. The fourth-order valence-electron chi connectivity index (χ4n) is 3.79. The van der Waals surface area contributed by atoms with Gasteiger partial charge in [0.2, 0.25) is 0 Å². The van der Waals surface area contributed by atoms with Gasteiger partial charge < -0.3 is 15.2 Å². The maximum absolute atomic E-state index is 14.7. The van der Waals surface area contributed by atoms with E-state index in [-0.39, 0.29) is 18.4 Å². The largest absolute Gasteiger partial charge is 0.478 e. The lowest BCUT2D eigenvalue weighted by Crippen LogP contribution is -2.37. The number of pyridine rings is 1. The number of carbonyl (C=O) groups excluding carboxylic acids is 1. The molecule has 1 amide bonds. The van der Waals surface area contributed by atoms with Gasteiger partial charge in [-0.2, -0.15) is 0 Å². The number of allylic oxidation sites excluding steroid dienone is 1. The van der Waals surface area contributed by atoms with Gasteiger partial charge in [-0.25, -0.2) is 18.4 Å². The Morgan fingerprint density at radius 1 is 1.19 bits per heavy atom. The lowest BCUT2D eigenvalue weighted by Gasteiger charge is -2.29. The molecule has 1 aliphatic rings. The molecular formula is C23H24F2N2O4. The Kier molecular flexibility index (Phi) is 6.38. The van der Waals surface area contributed by atoms with Crippen molar-refractivity contribution in [3.63, 3.8) is 0 Å². The van der Waals surface area contributed by atoms with Crippen molar-refractivity contribution in [1.29, 1.82) is 0 Å². The number of amides is 1. The molecule has 0 bridgehead atoms. The van der Waals surface area contributed by atoms with Crippen LogP contribution in [-0.2, 0) is 9.53 Å². The van der Waals surface area contributed by atoms with E-state index in [4.69, 9.17) is 4.74 Å². The molecule has 1 aliphatic carbocycles. The van der Waals surface area contributed by atoms with Crippen molar-refractivity contribution in [1.82, 2.24) is 10.3 Å². The van der Waals surface area contributed by atoms with Crippen LogP contribution in [0.15, 0.2) is 42.6 Å². The highest BCUT2D eigenvalue weighted by Crippen LogP contribution is 2.43. The maximum atomic E-state index is 14.7. The van der Waals surface area contributed by atoms with E-state index >= 15 is 0 Å². The van der Waals surface area contributed by atoms with Gasteiger partial charge in [-0.15, -0.1) is 0 Å². The third-order valence-electron chi connectivity index (χ3n) is 4.96. The number of aromatic nitrogens is 1. The number of rotatable bonds is 3. The number of aliphatic carboxylic acids is 1. The zero-order valence-electron chi connectivity index (χ0n) is 17.5. The zero-order chi connectivity index (χ0) is 22.8. The fourth-order valence-corrected chi connectivity index (χ4v) is 3.79. The number of benzene rings is 1. The van der Waals surface area contributed by atoms with Gasteiger partial charge in [0.1, 0.15) is 5.60 Å². The molecule has 1 aromatic heterocycles. The van der Waals surface area contributed by atoms with Crippen molar-refractivity contribution in [2.45, 2.75) is 51.2 Å². The molecule has 0 radical (unpaired) electrons. The number of carboxylic acid groups (broad SMARTS) is 1. The smallest absolute Gasteiger partial charge is 0.408 e. The molecule has 1 heterocycles. The van der Waals surface area contributed by atoms with E-state index in [1.807, 2.05) is 0 Å². The molecule has 0 saturated carbocycles. The van der Waals surface area contributed by atoms with E-state index in [9.17, 15) is 23.5 Å². The monoisotopic (exact) mass is 430 g/mol. The molecule has 0 fully saturated rings. The first-order valence-corrected chi connectivity index (χ1v) is 9.89. The Labute approximate surface area is 179 Å². The molecule has 1 aromatic carbocycles. The van der Waals surface area contributed by atoms with Crippen LogP contribution in [0, 0.1) is 11.6 Å². The first kappa shape index (κ1) is 22.4. The number of fused-ring (bicyclic) bond motifs is 1. The molecular weight excluding hydrogens is 406 g/mol. The van der Waals surface area contributed by atoms with Gasteiger partial charge in [0.25, 0.3) is 0 Å². The highest BCUT2D eigenvalue weighted by Gasteiger charge is 2.35. The molecule has 164 valence electrons. The topological polar surface area (TPSA) is 88.5 Å². The Balaban J connectivity index is 2.14. The van der Waals surface area contributed by atoms with Crippen molar-refractivity contribution in [2.24, 2.45) is 0 Å². The van der Waals surface area contributed by atoms with Crippen LogP contribution in [0.3, 0.4) is 0 Å². The highest BCUT2D eigenvalue weighted by atomic mass is 19.2. The summed E-state index contributed by atoms with van der Waals surface area (Å²) in [5.74, 6) is -3.81. The van der Waals surface area contributed by atoms with E-state index in [0.29, 0.717) is 16.8 Å². The molecule has 0 spiro atoms. The zero-order valence-corrected chi connectivity index (χ0v) is 17.5. The third-order valence-corrected chi connectivity index (χ3v) is 4.96. The summed E-state index contributed by atoms with van der Waals surface area (Å²) in [4.78, 5) is 28.3. The van der Waals surface area contributed by atoms with Gasteiger partial charge in [0.15, 0.2) is 11.6 Å². The summed E-state index contributed by atoms with van der Waals surface area (Å²) in [6, 6.07) is 6.42. The molecule has 3 rings (SSSR count). The molecule has 2 aromatic rings. The number of halogens is 2.